The number of ether oxygens (including phenoxy) is 1. The van der Waals surface area contributed by atoms with Crippen LogP contribution in [0.15, 0.2) is 48.5 Å². The van der Waals surface area contributed by atoms with Gasteiger partial charge in [-0.05, 0) is 67.6 Å². The molecule has 0 atom stereocenters. The van der Waals surface area contributed by atoms with Crippen molar-refractivity contribution in [2.75, 3.05) is 17.2 Å². The molecule has 2 saturated carbocycles. The molecule has 16 heteroatoms. The summed E-state index contributed by atoms with van der Waals surface area (Å²) in [5.74, 6) is -2.10. The Bertz CT molecular complexity index is 1570. The summed E-state index contributed by atoms with van der Waals surface area (Å²) < 4.78 is 69.3. The maximum Gasteiger partial charge on any atom is 0.422 e. The minimum absolute atomic E-state index is 0.0338. The van der Waals surface area contributed by atoms with E-state index in [1.54, 1.807) is 12.1 Å². The molecule has 0 aliphatic heterocycles. The van der Waals surface area contributed by atoms with Crippen molar-refractivity contribution in [3.63, 3.8) is 0 Å². The maximum absolute atomic E-state index is 12.8. The number of carbonyl (C=O) groups is 2. The van der Waals surface area contributed by atoms with Gasteiger partial charge in [-0.3, -0.25) is 4.79 Å². The smallest absolute Gasteiger partial charge is 0.422 e. The lowest BCUT2D eigenvalue weighted by molar-refractivity contribution is -0.154. The zero-order chi connectivity index (χ0) is 29.4. The molecule has 0 spiro atoms. The van der Waals surface area contributed by atoms with E-state index in [0.29, 0.717) is 31.4 Å². The molecule has 1 aromatic heterocycles. The number of amides is 1. The van der Waals surface area contributed by atoms with Crippen LogP contribution in [-0.2, 0) is 15.6 Å². The van der Waals surface area contributed by atoms with E-state index in [4.69, 9.17) is 9.84 Å². The average molecular weight is 593 g/mol. The number of nitrogens with one attached hydrogen (secondary N) is 3. The van der Waals surface area contributed by atoms with Gasteiger partial charge in [0.2, 0.25) is 21.9 Å². The number of carboxylic acids is 1. The number of benzene rings is 2. The van der Waals surface area contributed by atoms with Crippen LogP contribution in [0.4, 0.5) is 30.8 Å². The highest BCUT2D eigenvalue weighted by Crippen LogP contribution is 2.48. The lowest BCUT2D eigenvalue weighted by atomic mass is 10.0. The van der Waals surface area contributed by atoms with Gasteiger partial charge in [0.05, 0.1) is 16.4 Å². The second kappa shape index (κ2) is 10.5. The molecule has 1 heterocycles. The topological polar surface area (TPSA) is 172 Å². The van der Waals surface area contributed by atoms with Crippen LogP contribution >= 0.6 is 0 Å². The molecule has 0 saturated heterocycles. The minimum Gasteiger partial charge on any atom is -0.478 e. The molecule has 12 nitrogen and oxygen atoms in total. The van der Waals surface area contributed by atoms with Crippen molar-refractivity contribution in [1.82, 2.24) is 19.7 Å². The standard InChI is InChI=1S/C25H23F3N6O6S/c26-25(27,28)13-40-23-31-21(29-17-7-3-15(4-8-17)20(36)37)30-22(32-23)33-24(11-12-24)16-5-1-14(2-6-16)19(35)34-41(38,39)18-9-10-18/h1-8,18H,9-13H2,(H,34,35)(H,36,37)(H2,29,30,31,32,33). The third-order valence-electron chi connectivity index (χ3n) is 6.37. The van der Waals surface area contributed by atoms with Gasteiger partial charge in [-0.2, -0.15) is 28.1 Å². The molecular weight excluding hydrogens is 569 g/mol. The maximum atomic E-state index is 12.8. The van der Waals surface area contributed by atoms with Crippen molar-refractivity contribution in [2.24, 2.45) is 0 Å². The van der Waals surface area contributed by atoms with Gasteiger partial charge in [0, 0.05) is 11.3 Å². The first-order valence-corrected chi connectivity index (χ1v) is 13.9. The minimum atomic E-state index is -4.63. The Morgan fingerprint density at radius 2 is 1.56 bits per heavy atom. The number of aromatic nitrogens is 3. The molecule has 0 bridgehead atoms. The quantitative estimate of drug-likeness (QED) is 0.256. The summed E-state index contributed by atoms with van der Waals surface area (Å²) >= 11 is 0. The van der Waals surface area contributed by atoms with Crippen molar-refractivity contribution in [2.45, 2.75) is 42.6 Å². The van der Waals surface area contributed by atoms with Gasteiger partial charge in [0.1, 0.15) is 0 Å². The lowest BCUT2D eigenvalue weighted by Gasteiger charge is -2.19. The highest BCUT2D eigenvalue weighted by Gasteiger charge is 2.45. The van der Waals surface area contributed by atoms with Gasteiger partial charge < -0.3 is 20.5 Å². The molecular formula is C25H23F3N6O6S. The number of aromatic carboxylic acids is 1. The van der Waals surface area contributed by atoms with Gasteiger partial charge in [0.25, 0.3) is 5.91 Å². The summed E-state index contributed by atoms with van der Waals surface area (Å²) in [6.07, 6.45) is -2.38. The van der Waals surface area contributed by atoms with Crippen LogP contribution in [0.1, 0.15) is 52.0 Å². The van der Waals surface area contributed by atoms with Crippen LogP contribution in [0.25, 0.3) is 0 Å². The summed E-state index contributed by atoms with van der Waals surface area (Å²) in [5, 5.41) is 14.4. The SMILES string of the molecule is O=C(O)c1ccc(Nc2nc(NC3(c4ccc(C(=O)NS(=O)(=O)C5CC5)cc4)CC3)nc(OCC(F)(F)F)n2)cc1. The molecule has 5 rings (SSSR count). The van der Waals surface area contributed by atoms with Crippen molar-refractivity contribution in [3.05, 3.63) is 65.2 Å². The number of hydrogen-bond acceptors (Lipinski definition) is 10. The van der Waals surface area contributed by atoms with E-state index in [1.165, 1.54) is 36.4 Å². The third kappa shape index (κ3) is 7.00. The Labute approximate surface area is 231 Å². The van der Waals surface area contributed by atoms with E-state index < -0.39 is 51.5 Å². The molecule has 2 aliphatic rings. The fourth-order valence-electron chi connectivity index (χ4n) is 3.92. The van der Waals surface area contributed by atoms with E-state index in [2.05, 4.69) is 30.3 Å². The van der Waals surface area contributed by atoms with Gasteiger partial charge in [-0.15, -0.1) is 0 Å². The monoisotopic (exact) mass is 592 g/mol. The normalized spacial score (nSPS) is 16.0. The molecule has 0 unspecified atom stereocenters. The first kappa shape index (κ1) is 28.1. The number of carboxylic acid groups (broad SMARTS) is 1. The number of hydrogen-bond donors (Lipinski definition) is 4. The van der Waals surface area contributed by atoms with Crippen molar-refractivity contribution in [3.8, 4) is 6.01 Å². The fraction of sp³-hybridized carbons (Fsp3) is 0.320. The number of halogens is 3. The van der Waals surface area contributed by atoms with E-state index in [9.17, 15) is 31.2 Å². The van der Waals surface area contributed by atoms with E-state index in [1.807, 2.05) is 0 Å². The molecule has 1 amide bonds. The largest absolute Gasteiger partial charge is 0.478 e. The summed E-state index contributed by atoms with van der Waals surface area (Å²) in [5.41, 5.74) is 0.574. The third-order valence-corrected chi connectivity index (χ3v) is 8.19. The first-order valence-electron chi connectivity index (χ1n) is 12.3. The molecule has 4 N–H and O–H groups in total. The summed E-state index contributed by atoms with van der Waals surface area (Å²) in [7, 11) is -3.70. The Balaban J connectivity index is 1.34. The second-order valence-electron chi connectivity index (χ2n) is 9.64. The Morgan fingerprint density at radius 1 is 0.951 bits per heavy atom. The van der Waals surface area contributed by atoms with E-state index in [-0.39, 0.29) is 23.0 Å². The van der Waals surface area contributed by atoms with Crippen LogP contribution < -0.4 is 20.1 Å². The molecule has 216 valence electrons. The summed E-state index contributed by atoms with van der Waals surface area (Å²) in [6.45, 7) is -1.63. The lowest BCUT2D eigenvalue weighted by Crippen LogP contribution is -2.33. The second-order valence-corrected chi connectivity index (χ2v) is 11.6. The molecule has 3 aromatic rings. The van der Waals surface area contributed by atoms with Crippen LogP contribution in [0.2, 0.25) is 0 Å². The van der Waals surface area contributed by atoms with E-state index in [0.717, 1.165) is 5.56 Å². The predicted molar refractivity (Wildman–Crippen MR) is 138 cm³/mol. The Morgan fingerprint density at radius 3 is 2.12 bits per heavy atom. The summed E-state index contributed by atoms with van der Waals surface area (Å²) in [6, 6.07) is 11.2. The van der Waals surface area contributed by atoms with Crippen molar-refractivity contribution in [1.29, 1.82) is 0 Å². The zero-order valence-electron chi connectivity index (χ0n) is 21.1. The number of carbonyl (C=O) groups excluding carboxylic acids is 1. The number of rotatable bonds is 11. The predicted octanol–water partition coefficient (Wildman–Crippen LogP) is 3.58. The molecule has 2 aromatic carbocycles. The van der Waals surface area contributed by atoms with Crippen LogP contribution in [0.3, 0.4) is 0 Å². The number of sulfonamides is 1. The Kier molecular flexibility index (Phi) is 7.19. The first-order chi connectivity index (χ1) is 19.3. The highest BCUT2D eigenvalue weighted by atomic mass is 32.2. The van der Waals surface area contributed by atoms with Crippen LogP contribution in [0, 0.1) is 0 Å². The summed E-state index contributed by atoms with van der Waals surface area (Å²) in [4.78, 5) is 35.6. The number of anilines is 3. The molecule has 41 heavy (non-hydrogen) atoms. The van der Waals surface area contributed by atoms with Gasteiger partial charge in [0.15, 0.2) is 6.61 Å². The average Bonchev–Trinajstić information content (AvgIpc) is 3.83. The number of alkyl halides is 3. The van der Waals surface area contributed by atoms with Gasteiger partial charge in [-0.1, -0.05) is 12.1 Å². The Hall–Kier alpha value is -4.47. The molecule has 2 aliphatic carbocycles. The van der Waals surface area contributed by atoms with Crippen LogP contribution in [0.5, 0.6) is 6.01 Å². The van der Waals surface area contributed by atoms with Crippen molar-refractivity contribution < 1.29 is 41.0 Å². The van der Waals surface area contributed by atoms with Gasteiger partial charge >= 0.3 is 18.2 Å². The number of nitrogens with zero attached hydrogens (tertiary/aromatic N) is 3. The van der Waals surface area contributed by atoms with Crippen LogP contribution in [-0.4, -0.2) is 58.4 Å². The molecule has 0 radical (unpaired) electrons. The zero-order valence-corrected chi connectivity index (χ0v) is 21.9. The highest BCUT2D eigenvalue weighted by molar-refractivity contribution is 7.91. The molecule has 2 fully saturated rings. The van der Waals surface area contributed by atoms with Gasteiger partial charge in [-0.25, -0.2) is 17.9 Å². The fourth-order valence-corrected chi connectivity index (χ4v) is 5.22. The van der Waals surface area contributed by atoms with E-state index >= 15 is 0 Å². The van der Waals surface area contributed by atoms with Crippen molar-refractivity contribution >= 4 is 39.5 Å².